The van der Waals surface area contributed by atoms with Gasteiger partial charge in [0.05, 0.1) is 11.9 Å². The molecule has 1 aliphatic heterocycles. The molecular formula is C27H27F3N6O4. The van der Waals surface area contributed by atoms with Crippen molar-refractivity contribution >= 4 is 22.8 Å². The van der Waals surface area contributed by atoms with Crippen LogP contribution in [0.3, 0.4) is 0 Å². The second-order valence-electron chi connectivity index (χ2n) is 9.51. The maximum Gasteiger partial charge on any atom is 0.387 e. The number of carbonyl (C=O) groups is 1. The Bertz CT molecular complexity index is 1600. The van der Waals surface area contributed by atoms with E-state index < -0.39 is 24.6 Å². The third-order valence-electron chi connectivity index (χ3n) is 7.09. The highest BCUT2D eigenvalue weighted by atomic mass is 19.3. The van der Waals surface area contributed by atoms with Gasteiger partial charge in [0, 0.05) is 61.8 Å². The summed E-state index contributed by atoms with van der Waals surface area (Å²) in [7, 11) is 1.48. The number of benzene rings is 2. The summed E-state index contributed by atoms with van der Waals surface area (Å²) < 4.78 is 49.1. The van der Waals surface area contributed by atoms with Gasteiger partial charge in [0.25, 0.3) is 5.56 Å². The van der Waals surface area contributed by atoms with Crippen molar-refractivity contribution in [2.24, 2.45) is 7.05 Å². The molecule has 0 bridgehead atoms. The normalized spacial score (nSPS) is 15.7. The molecule has 0 unspecified atom stereocenters. The fourth-order valence-corrected chi connectivity index (χ4v) is 5.03. The average Bonchev–Trinajstić information content (AvgIpc) is 3.19. The number of alkyl halides is 2. The number of piperazine rings is 1. The zero-order valence-corrected chi connectivity index (χ0v) is 21.8. The van der Waals surface area contributed by atoms with E-state index in [4.69, 9.17) is 5.11 Å². The predicted octanol–water partition coefficient (Wildman–Crippen LogP) is 2.62. The average molecular weight is 557 g/mol. The highest BCUT2D eigenvalue weighted by molar-refractivity contribution is 5.85. The molecule has 1 amide bonds. The van der Waals surface area contributed by atoms with Crippen LogP contribution in [0.2, 0.25) is 0 Å². The SMILES string of the molecule is C[C@@H]1CN(C(=O)CO)CCN1c1ncc(-c2ccc3c(=O)n(C)n(Cc4ccccc4OC(F)F)c3c2F)cn1. The monoisotopic (exact) mass is 556 g/mol. The van der Waals surface area contributed by atoms with Crippen LogP contribution in [0.25, 0.3) is 22.0 Å². The molecule has 1 atom stereocenters. The van der Waals surface area contributed by atoms with Crippen molar-refractivity contribution in [2.75, 3.05) is 31.1 Å². The summed E-state index contributed by atoms with van der Waals surface area (Å²) in [5.41, 5.74) is 0.477. The molecule has 1 saturated heterocycles. The van der Waals surface area contributed by atoms with Gasteiger partial charge in [0.15, 0.2) is 5.82 Å². The number of amides is 1. The van der Waals surface area contributed by atoms with Crippen molar-refractivity contribution in [1.29, 1.82) is 0 Å². The molecule has 2 aromatic carbocycles. The molecule has 13 heteroatoms. The van der Waals surface area contributed by atoms with Gasteiger partial charge < -0.3 is 19.6 Å². The molecule has 40 heavy (non-hydrogen) atoms. The van der Waals surface area contributed by atoms with Gasteiger partial charge in [0.1, 0.15) is 17.9 Å². The van der Waals surface area contributed by atoms with E-state index in [1.54, 1.807) is 23.1 Å². The Balaban J connectivity index is 1.47. The lowest BCUT2D eigenvalue weighted by Gasteiger charge is -2.39. The Morgan fingerprint density at radius 1 is 1.15 bits per heavy atom. The molecule has 5 rings (SSSR count). The number of aliphatic hydroxyl groups is 1. The number of carbonyl (C=O) groups excluding carboxylic acids is 1. The van der Waals surface area contributed by atoms with Crippen molar-refractivity contribution in [1.82, 2.24) is 24.2 Å². The first-order valence-electron chi connectivity index (χ1n) is 12.6. The van der Waals surface area contributed by atoms with Crippen molar-refractivity contribution in [2.45, 2.75) is 26.1 Å². The van der Waals surface area contributed by atoms with Crippen LogP contribution < -0.4 is 15.2 Å². The fraction of sp³-hybridized carbons (Fsp3) is 0.333. The van der Waals surface area contributed by atoms with Crippen LogP contribution in [0.1, 0.15) is 12.5 Å². The minimum atomic E-state index is -3.03. The summed E-state index contributed by atoms with van der Waals surface area (Å²) in [6.07, 6.45) is 2.98. The van der Waals surface area contributed by atoms with Gasteiger partial charge in [-0.05, 0) is 19.1 Å². The summed E-state index contributed by atoms with van der Waals surface area (Å²) in [5, 5.41) is 9.26. The lowest BCUT2D eigenvalue weighted by Crippen LogP contribution is -2.54. The number of halogens is 3. The highest BCUT2D eigenvalue weighted by Gasteiger charge is 2.28. The molecule has 0 aliphatic carbocycles. The molecule has 10 nitrogen and oxygen atoms in total. The van der Waals surface area contributed by atoms with Gasteiger partial charge in [-0.3, -0.25) is 19.0 Å². The number of aliphatic hydroxyl groups excluding tert-OH is 1. The summed E-state index contributed by atoms with van der Waals surface area (Å²) in [6.45, 7) is -0.451. The van der Waals surface area contributed by atoms with Gasteiger partial charge >= 0.3 is 6.61 Å². The number of hydrogen-bond donors (Lipinski definition) is 1. The number of nitrogens with zero attached hydrogens (tertiary/aromatic N) is 6. The maximum atomic E-state index is 16.0. The van der Waals surface area contributed by atoms with Crippen LogP contribution in [-0.2, 0) is 18.4 Å². The van der Waals surface area contributed by atoms with Crippen molar-refractivity contribution in [3.8, 4) is 16.9 Å². The molecule has 3 heterocycles. The summed E-state index contributed by atoms with van der Waals surface area (Å²) in [5.74, 6) is -0.661. The molecule has 0 spiro atoms. The zero-order chi connectivity index (χ0) is 28.6. The van der Waals surface area contributed by atoms with E-state index in [0.717, 1.165) is 0 Å². The number of fused-ring (bicyclic) bond motifs is 1. The Morgan fingerprint density at radius 3 is 2.55 bits per heavy atom. The van der Waals surface area contributed by atoms with Gasteiger partial charge in [-0.25, -0.2) is 14.4 Å². The quantitative estimate of drug-likeness (QED) is 0.373. The Labute approximate surface area is 226 Å². The molecule has 0 saturated carbocycles. The Hall–Kier alpha value is -4.39. The largest absolute Gasteiger partial charge is 0.434 e. The number of para-hydroxylation sites is 1. The minimum absolute atomic E-state index is 0.0132. The Morgan fingerprint density at radius 2 is 1.88 bits per heavy atom. The predicted molar refractivity (Wildman–Crippen MR) is 141 cm³/mol. The first kappa shape index (κ1) is 27.2. The number of rotatable bonds is 7. The number of anilines is 1. The van der Waals surface area contributed by atoms with E-state index in [1.807, 2.05) is 11.8 Å². The van der Waals surface area contributed by atoms with Gasteiger partial charge in [-0.2, -0.15) is 8.78 Å². The van der Waals surface area contributed by atoms with Crippen LogP contribution in [0, 0.1) is 5.82 Å². The first-order valence-corrected chi connectivity index (χ1v) is 12.6. The third kappa shape index (κ3) is 4.99. The topological polar surface area (TPSA) is 106 Å². The maximum absolute atomic E-state index is 16.0. The van der Waals surface area contributed by atoms with E-state index >= 15 is 4.39 Å². The third-order valence-corrected chi connectivity index (χ3v) is 7.09. The lowest BCUT2D eigenvalue weighted by atomic mass is 10.1. The summed E-state index contributed by atoms with van der Waals surface area (Å²) >= 11 is 0. The Kier molecular flexibility index (Phi) is 7.48. The molecule has 1 N–H and O–H groups in total. The van der Waals surface area contributed by atoms with Crippen LogP contribution in [0.4, 0.5) is 19.1 Å². The van der Waals surface area contributed by atoms with Gasteiger partial charge in [0.2, 0.25) is 11.9 Å². The molecule has 1 aliphatic rings. The number of hydrogen-bond acceptors (Lipinski definition) is 7. The van der Waals surface area contributed by atoms with E-state index in [2.05, 4.69) is 14.7 Å². The van der Waals surface area contributed by atoms with Crippen LogP contribution in [0.5, 0.6) is 5.75 Å². The lowest BCUT2D eigenvalue weighted by molar-refractivity contribution is -0.134. The van der Waals surface area contributed by atoms with Crippen molar-refractivity contribution < 1.29 is 27.8 Å². The highest BCUT2D eigenvalue weighted by Crippen LogP contribution is 2.30. The fourth-order valence-electron chi connectivity index (χ4n) is 5.03. The molecule has 4 aromatic rings. The molecule has 2 aromatic heterocycles. The zero-order valence-electron chi connectivity index (χ0n) is 21.8. The smallest absolute Gasteiger partial charge is 0.387 e. The van der Waals surface area contributed by atoms with E-state index in [-0.39, 0.29) is 40.7 Å². The standard InChI is InChI=1S/C27H27F3N6O4/c1-16-13-34(22(38)15-37)9-10-35(16)27-31-11-18(12-32-27)19-7-8-20-24(23(19)28)36(33(2)25(20)39)14-17-5-3-4-6-21(17)40-26(29)30/h3-8,11-12,16,26,37H,9-10,13-15H2,1-2H3/t16-/m1/s1. The second kappa shape index (κ2) is 11.0. The van der Waals surface area contributed by atoms with Crippen LogP contribution in [-0.4, -0.2) is 74.1 Å². The molecule has 210 valence electrons. The summed E-state index contributed by atoms with van der Waals surface area (Å²) in [4.78, 5) is 37.1. The van der Waals surface area contributed by atoms with Crippen molar-refractivity contribution in [3.63, 3.8) is 0 Å². The molecule has 0 radical (unpaired) electrons. The van der Waals surface area contributed by atoms with E-state index in [0.29, 0.717) is 36.7 Å². The van der Waals surface area contributed by atoms with Crippen molar-refractivity contribution in [3.05, 3.63) is 70.5 Å². The number of aromatic nitrogens is 4. The van der Waals surface area contributed by atoms with Gasteiger partial charge in [-0.15, -0.1) is 0 Å². The number of ether oxygens (including phenoxy) is 1. The van der Waals surface area contributed by atoms with Crippen LogP contribution >= 0.6 is 0 Å². The van der Waals surface area contributed by atoms with E-state index in [9.17, 15) is 18.4 Å². The molecule has 1 fully saturated rings. The van der Waals surface area contributed by atoms with Gasteiger partial charge in [-0.1, -0.05) is 24.3 Å². The molecular weight excluding hydrogens is 529 g/mol. The van der Waals surface area contributed by atoms with E-state index in [1.165, 1.54) is 47.0 Å². The van der Waals surface area contributed by atoms with Crippen LogP contribution in [0.15, 0.2) is 53.6 Å². The second-order valence-corrected chi connectivity index (χ2v) is 9.51. The minimum Gasteiger partial charge on any atom is -0.434 e. The summed E-state index contributed by atoms with van der Waals surface area (Å²) in [6, 6.07) is 9.05. The first-order chi connectivity index (χ1) is 19.2.